The minimum absolute atomic E-state index is 0.0715. The lowest BCUT2D eigenvalue weighted by Gasteiger charge is -2.12. The average Bonchev–Trinajstić information content (AvgIpc) is 1.64. The van der Waals surface area contributed by atoms with Crippen LogP contribution in [0, 0.1) is 51.4 Å². The summed E-state index contributed by atoms with van der Waals surface area (Å²) in [7, 11) is 7.38. The first-order chi connectivity index (χ1) is 70.9. The van der Waals surface area contributed by atoms with E-state index >= 15 is 0 Å². The van der Waals surface area contributed by atoms with Crippen LogP contribution in [-0.2, 0) is 82.4 Å². The van der Waals surface area contributed by atoms with Crippen LogP contribution in [0.4, 0.5) is 72.9 Å². The molecule has 4 aliphatic carbocycles. The van der Waals surface area contributed by atoms with Gasteiger partial charge in [-0.3, -0.25) is 47.9 Å². The molecule has 16 heterocycles. The number of nitrogens with one attached hydrogen (secondary N) is 4. The lowest BCUT2D eigenvalue weighted by atomic mass is 10.0. The van der Waals surface area contributed by atoms with Gasteiger partial charge in [0.25, 0.3) is 0 Å². The number of hydrogen-bond donors (Lipinski definition) is 8. The molecule has 4 aliphatic rings. The average molecular weight is 2000 g/mol. The Morgan fingerprint density at radius 1 is 0.345 bits per heavy atom. The molecule has 16 aromatic heterocycles. The third-order valence-corrected chi connectivity index (χ3v) is 26.1. The zero-order valence-corrected chi connectivity index (χ0v) is 80.6. The predicted octanol–water partition coefficient (Wildman–Crippen LogP) is 17.0. The van der Waals surface area contributed by atoms with Gasteiger partial charge in [-0.15, -0.1) is 0 Å². The summed E-state index contributed by atoms with van der Waals surface area (Å²) in [6.45, 7) is 6.69. The summed E-state index contributed by atoms with van der Waals surface area (Å²) in [5, 5.41) is 33.3. The second-order valence-corrected chi connectivity index (χ2v) is 36.9. The number of carbonyl (C=O) groups is 6. The van der Waals surface area contributed by atoms with Crippen LogP contribution < -0.4 is 44.2 Å². The number of nitrogens with zero attached hydrogens (tertiary/aromatic N) is 20. The molecule has 0 saturated heterocycles. The Labute approximate surface area is 839 Å². The van der Waals surface area contributed by atoms with Gasteiger partial charge in [-0.1, -0.05) is 60.7 Å². The minimum atomic E-state index is -4.53. The van der Waals surface area contributed by atoms with Crippen LogP contribution in [0.3, 0.4) is 0 Å². The SMILES string of the molecule is Cc1cc(C(=O)OCc2ccccc2)ncc1-c1cc2cc(NC(=O)[C@@H]3C[C@H]3c3cnn(C)c3)ncc2c(N)n1.Cc1cc(C(=O)OCc2ccccc2)ncc1-c1cc2cc(NC(=O)[C@H]3C[C@@H]3c3cnn(C)c3)ncc2c(N)n1.Cc1ncc(-c2cc3cc(NC(=O)[C@@H]4C[C@H]4c4cnn(C)c4)ncc3c(N)n2)cc1C(F)(F)F.Cc1ncc(-c2cc3cc(NC(=O)[C@H]4C[C@@H]4c4cnn(C)c4)ncc3c(N)n2)cc1C(F)(F)F. The van der Waals surface area contributed by atoms with Crippen molar-refractivity contribution in [3.63, 3.8) is 0 Å². The minimum Gasteiger partial charge on any atom is -0.456 e. The van der Waals surface area contributed by atoms with Crippen molar-refractivity contribution in [2.75, 3.05) is 44.2 Å². The Balaban J connectivity index is 0.000000124. The molecule has 748 valence electrons. The fourth-order valence-corrected chi connectivity index (χ4v) is 17.7. The number of nitrogen functional groups attached to an aromatic ring is 4. The Kier molecular flexibility index (Phi) is 26.9. The highest BCUT2D eigenvalue weighted by Crippen LogP contribution is 2.52. The van der Waals surface area contributed by atoms with E-state index in [1.54, 1.807) is 117 Å². The highest BCUT2D eigenvalue weighted by molar-refractivity contribution is 6.04. The molecule has 0 unspecified atom stereocenters. The van der Waals surface area contributed by atoms with Gasteiger partial charge in [0.05, 0.1) is 58.7 Å². The Bertz CT molecular complexity index is 7790. The molecule has 8 atom stereocenters. The van der Waals surface area contributed by atoms with E-state index in [4.69, 9.17) is 32.4 Å². The number of esters is 2. The summed E-state index contributed by atoms with van der Waals surface area (Å²) >= 11 is 0. The van der Waals surface area contributed by atoms with Crippen molar-refractivity contribution in [3.8, 4) is 45.0 Å². The number of hydrogen-bond acceptors (Lipinski definition) is 28. The molecule has 4 fully saturated rings. The van der Waals surface area contributed by atoms with Crippen LogP contribution in [0.1, 0.15) is 137 Å². The molecule has 0 bridgehead atoms. The van der Waals surface area contributed by atoms with Crippen LogP contribution in [0.15, 0.2) is 233 Å². The summed E-state index contributed by atoms with van der Waals surface area (Å²) in [6.07, 6.45) is 20.8. The van der Waals surface area contributed by atoms with E-state index in [0.717, 1.165) is 104 Å². The number of amides is 4. The first-order valence-corrected chi connectivity index (χ1v) is 46.8. The van der Waals surface area contributed by atoms with Crippen LogP contribution in [0.5, 0.6) is 0 Å². The maximum absolute atomic E-state index is 13.3. The molecule has 22 rings (SSSR count). The van der Waals surface area contributed by atoms with Gasteiger partial charge in [0.15, 0.2) is 0 Å². The quantitative estimate of drug-likeness (QED) is 0.0231. The standard InChI is InChI=1S/2C30H27N7O3.2C23H20F3N7O/c2*1-17-8-26(30(39)40-16-18-6-4-3-5-7-18)32-13-23(17)25-9-19-10-27(33-14-24(19)28(31)35-25)36-29(38)22-11-21(22)20-12-34-37(2)15-20;2*1-11-18(23(24,25)26)3-13(7-28-11)19-4-12-5-20(29-9-17(12)21(27)31-19)32-22(34)16-6-15(16)14-8-30-33(2)10-14/h2*3-10,12-15,21-22H,11,16H2,1-2H3,(H2,31,35)(H,33,36,38);2*3-5,7-10,15-16H,6H2,1-2H3,(H2,27,31)(H,29,32,34)/t2*21-,22+;2*15-,16+/m1010/s1. The van der Waals surface area contributed by atoms with Crippen molar-refractivity contribution in [1.29, 1.82) is 0 Å². The van der Waals surface area contributed by atoms with Gasteiger partial charge < -0.3 is 53.7 Å². The zero-order valence-electron chi connectivity index (χ0n) is 80.6. The van der Waals surface area contributed by atoms with Crippen LogP contribution in [0.25, 0.3) is 88.1 Å². The highest BCUT2D eigenvalue weighted by atomic mass is 19.4. The molecule has 18 aromatic rings. The second kappa shape index (κ2) is 40.5. The maximum atomic E-state index is 13.3. The maximum Gasteiger partial charge on any atom is 0.418 e. The van der Waals surface area contributed by atoms with Gasteiger partial charge in [0, 0.05) is 181 Å². The number of fused-ring (bicyclic) bond motifs is 4. The molecular formula is C106H94F6N28O8. The van der Waals surface area contributed by atoms with Gasteiger partial charge >= 0.3 is 24.3 Å². The summed E-state index contributed by atoms with van der Waals surface area (Å²) in [5.41, 5.74) is 34.2. The van der Waals surface area contributed by atoms with Crippen molar-refractivity contribution in [2.45, 2.75) is 103 Å². The van der Waals surface area contributed by atoms with Crippen molar-refractivity contribution >= 4 is 125 Å². The molecule has 0 aliphatic heterocycles. The van der Waals surface area contributed by atoms with Crippen molar-refractivity contribution in [3.05, 3.63) is 311 Å². The third-order valence-electron chi connectivity index (χ3n) is 26.1. The number of anilines is 8. The molecule has 0 radical (unpaired) electrons. The lowest BCUT2D eigenvalue weighted by molar-refractivity contribution is -0.139. The summed E-state index contributed by atoms with van der Waals surface area (Å²) < 4.78 is 97.6. The van der Waals surface area contributed by atoms with E-state index in [0.29, 0.717) is 78.6 Å². The molecule has 4 saturated carbocycles. The third kappa shape index (κ3) is 22.2. The molecular weight excluding hydrogens is 1910 g/mol. The van der Waals surface area contributed by atoms with Crippen molar-refractivity contribution in [2.24, 2.45) is 51.9 Å². The van der Waals surface area contributed by atoms with Crippen LogP contribution in [0.2, 0.25) is 0 Å². The number of ether oxygens (including phenoxy) is 2. The second-order valence-electron chi connectivity index (χ2n) is 36.9. The van der Waals surface area contributed by atoms with E-state index < -0.39 is 35.4 Å². The molecule has 42 heteroatoms. The van der Waals surface area contributed by atoms with E-state index in [1.165, 1.54) is 38.6 Å². The van der Waals surface area contributed by atoms with E-state index in [-0.39, 0.29) is 141 Å². The fraction of sp³-hybridized carbons (Fsp3) is 0.226. The summed E-state index contributed by atoms with van der Waals surface area (Å²) in [5.74, 6) is 0.977. The largest absolute Gasteiger partial charge is 0.456 e. The lowest BCUT2D eigenvalue weighted by Crippen LogP contribution is -2.15. The first kappa shape index (κ1) is 98.5. The monoisotopic (exact) mass is 2000 g/mol. The topological polar surface area (TPSA) is 499 Å². The number of halogens is 6. The smallest absolute Gasteiger partial charge is 0.418 e. The van der Waals surface area contributed by atoms with Gasteiger partial charge in [0.1, 0.15) is 71.1 Å². The van der Waals surface area contributed by atoms with Crippen molar-refractivity contribution in [1.82, 2.24) is 98.9 Å². The van der Waals surface area contributed by atoms with Gasteiger partial charge in [-0.25, -0.2) is 59.4 Å². The van der Waals surface area contributed by atoms with Crippen molar-refractivity contribution < 1.29 is 64.6 Å². The van der Waals surface area contributed by atoms with Gasteiger partial charge in [-0.05, 0) is 216 Å². The predicted molar refractivity (Wildman–Crippen MR) is 540 cm³/mol. The number of rotatable bonds is 22. The van der Waals surface area contributed by atoms with Gasteiger partial charge in [0.2, 0.25) is 23.6 Å². The number of nitrogens with two attached hydrogens (primary N) is 4. The van der Waals surface area contributed by atoms with E-state index in [2.05, 4.69) is 101 Å². The van der Waals surface area contributed by atoms with Crippen LogP contribution >= 0.6 is 0 Å². The number of aromatic nitrogens is 20. The number of pyridine rings is 12. The van der Waals surface area contributed by atoms with Gasteiger partial charge in [-0.2, -0.15) is 46.7 Å². The van der Waals surface area contributed by atoms with Crippen LogP contribution in [-0.4, -0.2) is 134 Å². The normalized spacial score (nSPS) is 16.8. The zero-order chi connectivity index (χ0) is 104. The molecule has 4 amide bonds. The summed E-state index contributed by atoms with van der Waals surface area (Å²) in [6, 6.07) is 38.1. The number of benzene rings is 2. The molecule has 148 heavy (non-hydrogen) atoms. The number of aryl methyl sites for hydroxylation is 8. The van der Waals surface area contributed by atoms with E-state index in [1.807, 2.05) is 140 Å². The molecule has 36 nitrogen and oxygen atoms in total. The Morgan fingerprint density at radius 3 is 0.885 bits per heavy atom. The highest BCUT2D eigenvalue weighted by Gasteiger charge is 2.48. The first-order valence-electron chi connectivity index (χ1n) is 46.8. The number of carbonyl (C=O) groups excluding carboxylic acids is 6. The number of alkyl halides is 6. The Hall–Kier alpha value is -18.3. The molecule has 12 N–H and O–H groups in total. The van der Waals surface area contributed by atoms with E-state index in [9.17, 15) is 55.1 Å². The summed E-state index contributed by atoms with van der Waals surface area (Å²) in [4.78, 5) is 127. The molecule has 2 aromatic carbocycles. The Morgan fingerprint density at radius 2 is 0.622 bits per heavy atom. The molecule has 0 spiro atoms. The fourth-order valence-electron chi connectivity index (χ4n) is 17.7.